The van der Waals surface area contributed by atoms with Crippen molar-refractivity contribution in [3.63, 3.8) is 0 Å². The van der Waals surface area contributed by atoms with Crippen LogP contribution in [0.15, 0.2) is 12.7 Å². The van der Waals surface area contributed by atoms with E-state index in [1.165, 1.54) is 6.08 Å². The van der Waals surface area contributed by atoms with Crippen LogP contribution in [0.1, 0.15) is 6.42 Å². The van der Waals surface area contributed by atoms with Crippen LogP contribution in [0, 0.1) is 0 Å². The number of hydrogen-bond acceptors (Lipinski definition) is 1. The summed E-state index contributed by atoms with van der Waals surface area (Å²) in [6, 6.07) is -0.194. The predicted octanol–water partition coefficient (Wildman–Crippen LogP) is 1.17. The van der Waals surface area contributed by atoms with Gasteiger partial charge in [0.05, 0.1) is 6.54 Å². The second-order valence-corrected chi connectivity index (χ2v) is 2.28. The van der Waals surface area contributed by atoms with Crippen LogP contribution in [0.4, 0.5) is 8.78 Å². The van der Waals surface area contributed by atoms with Gasteiger partial charge in [-0.1, -0.05) is 6.08 Å². The predicted molar refractivity (Wildman–Crippen MR) is 31.6 cm³/mol. The summed E-state index contributed by atoms with van der Waals surface area (Å²) in [6.45, 7) is 3.21. The molecule has 1 unspecified atom stereocenters. The molecule has 0 amide bonds. The molecule has 3 heteroatoms. The maximum atomic E-state index is 12.3. The van der Waals surface area contributed by atoms with Gasteiger partial charge in [0.1, 0.15) is 0 Å². The van der Waals surface area contributed by atoms with Crippen LogP contribution in [0.3, 0.4) is 0 Å². The Balaban J connectivity index is 2.47. The van der Waals surface area contributed by atoms with Crippen molar-refractivity contribution in [1.82, 2.24) is 5.32 Å². The summed E-state index contributed by atoms with van der Waals surface area (Å²) in [5.41, 5.74) is 0. The topological polar surface area (TPSA) is 12.0 Å². The van der Waals surface area contributed by atoms with Crippen LogP contribution in [0.5, 0.6) is 0 Å². The van der Waals surface area contributed by atoms with Gasteiger partial charge in [0.2, 0.25) is 0 Å². The molecule has 1 aliphatic rings. The lowest BCUT2D eigenvalue weighted by molar-refractivity contribution is 0.0222. The lowest BCUT2D eigenvalue weighted by Crippen LogP contribution is -2.20. The van der Waals surface area contributed by atoms with E-state index in [9.17, 15) is 8.78 Å². The maximum absolute atomic E-state index is 12.3. The lowest BCUT2D eigenvalue weighted by Gasteiger charge is -2.03. The Bertz CT molecular complexity index is 122. The van der Waals surface area contributed by atoms with Gasteiger partial charge in [-0.3, -0.25) is 0 Å². The van der Waals surface area contributed by atoms with Gasteiger partial charge in [-0.2, -0.15) is 0 Å². The fourth-order valence-electron chi connectivity index (χ4n) is 0.913. The molecule has 52 valence electrons. The molecule has 0 saturated carbocycles. The second-order valence-electron chi connectivity index (χ2n) is 2.28. The molecule has 1 saturated heterocycles. The fourth-order valence-corrected chi connectivity index (χ4v) is 0.913. The number of alkyl halides is 2. The van der Waals surface area contributed by atoms with Crippen molar-refractivity contribution in [2.75, 3.05) is 6.54 Å². The monoisotopic (exact) mass is 133 g/mol. The molecule has 0 radical (unpaired) electrons. The zero-order valence-electron chi connectivity index (χ0n) is 5.03. The molecule has 9 heavy (non-hydrogen) atoms. The smallest absolute Gasteiger partial charge is 0.262 e. The van der Waals surface area contributed by atoms with Crippen LogP contribution < -0.4 is 5.32 Å². The van der Waals surface area contributed by atoms with Gasteiger partial charge >= 0.3 is 0 Å². The first-order chi connectivity index (χ1) is 4.14. The first-order valence-electron chi connectivity index (χ1n) is 2.88. The van der Waals surface area contributed by atoms with Crippen LogP contribution in [0.25, 0.3) is 0 Å². The Hall–Kier alpha value is -0.440. The van der Waals surface area contributed by atoms with Crippen molar-refractivity contribution in [2.24, 2.45) is 0 Å². The summed E-state index contributed by atoms with van der Waals surface area (Å²) >= 11 is 0. The van der Waals surface area contributed by atoms with Crippen molar-refractivity contribution < 1.29 is 8.78 Å². The highest BCUT2D eigenvalue weighted by atomic mass is 19.3. The molecule has 0 aromatic rings. The van der Waals surface area contributed by atoms with E-state index in [0.29, 0.717) is 0 Å². The molecule has 1 aliphatic heterocycles. The minimum atomic E-state index is -2.52. The third-order valence-corrected chi connectivity index (χ3v) is 1.43. The minimum Gasteiger partial charge on any atom is -0.305 e. The van der Waals surface area contributed by atoms with Crippen LogP contribution >= 0.6 is 0 Å². The molecule has 1 heterocycles. The molecular formula is C6H9F2N. The molecule has 1 fully saturated rings. The van der Waals surface area contributed by atoms with E-state index in [2.05, 4.69) is 11.9 Å². The summed E-state index contributed by atoms with van der Waals surface area (Å²) in [5.74, 6) is -2.52. The summed E-state index contributed by atoms with van der Waals surface area (Å²) in [7, 11) is 0. The molecule has 0 aromatic heterocycles. The summed E-state index contributed by atoms with van der Waals surface area (Å²) in [5, 5.41) is 2.63. The third-order valence-electron chi connectivity index (χ3n) is 1.43. The number of nitrogens with one attached hydrogen (secondary N) is 1. The van der Waals surface area contributed by atoms with Gasteiger partial charge in [0.25, 0.3) is 5.92 Å². The Labute approximate surface area is 52.7 Å². The van der Waals surface area contributed by atoms with E-state index in [1.807, 2.05) is 0 Å². The van der Waals surface area contributed by atoms with Crippen molar-refractivity contribution in [3.8, 4) is 0 Å². The number of halogens is 2. The second kappa shape index (κ2) is 2.06. The maximum Gasteiger partial charge on any atom is 0.262 e. The highest BCUT2D eigenvalue weighted by Crippen LogP contribution is 2.24. The minimum absolute atomic E-state index is 0.101. The molecule has 1 atom stereocenters. The van der Waals surface area contributed by atoms with E-state index in [1.54, 1.807) is 0 Å². The molecule has 1 rings (SSSR count). The first-order valence-corrected chi connectivity index (χ1v) is 2.88. The summed E-state index contributed by atoms with van der Waals surface area (Å²) in [4.78, 5) is 0. The van der Waals surface area contributed by atoms with Gasteiger partial charge in [-0.25, -0.2) is 8.78 Å². The average molecular weight is 133 g/mol. The normalized spacial score (nSPS) is 32.4. The third kappa shape index (κ3) is 1.48. The summed E-state index contributed by atoms with van der Waals surface area (Å²) < 4.78 is 24.5. The zero-order valence-corrected chi connectivity index (χ0v) is 5.03. The molecule has 1 nitrogen and oxygen atoms in total. The van der Waals surface area contributed by atoms with Crippen LogP contribution in [0.2, 0.25) is 0 Å². The Morgan fingerprint density at radius 1 is 1.67 bits per heavy atom. The average Bonchev–Trinajstić information content (AvgIpc) is 2.10. The molecular weight excluding hydrogens is 124 g/mol. The van der Waals surface area contributed by atoms with E-state index < -0.39 is 5.92 Å². The largest absolute Gasteiger partial charge is 0.305 e. The molecule has 0 aromatic carbocycles. The Morgan fingerprint density at radius 3 is 2.56 bits per heavy atom. The van der Waals surface area contributed by atoms with E-state index in [4.69, 9.17) is 0 Å². The van der Waals surface area contributed by atoms with Crippen LogP contribution in [-0.4, -0.2) is 18.5 Å². The number of hydrogen-bond donors (Lipinski definition) is 1. The molecule has 0 aliphatic carbocycles. The highest BCUT2D eigenvalue weighted by molar-refractivity contribution is 4.96. The van der Waals surface area contributed by atoms with Crippen molar-refractivity contribution in [1.29, 1.82) is 0 Å². The lowest BCUT2D eigenvalue weighted by atomic mass is 10.2. The van der Waals surface area contributed by atoms with E-state index >= 15 is 0 Å². The van der Waals surface area contributed by atoms with Gasteiger partial charge in [0.15, 0.2) is 0 Å². The molecule has 1 N–H and O–H groups in total. The van der Waals surface area contributed by atoms with Crippen molar-refractivity contribution in [2.45, 2.75) is 18.4 Å². The van der Waals surface area contributed by atoms with Gasteiger partial charge in [-0.05, 0) is 0 Å². The standard InChI is InChI=1S/C6H9F2N/c1-2-5-3-6(7,8)4-9-5/h2,5,9H,1,3-4H2. The van der Waals surface area contributed by atoms with Gasteiger partial charge < -0.3 is 5.32 Å². The first kappa shape index (κ1) is 6.68. The highest BCUT2D eigenvalue weighted by Gasteiger charge is 2.37. The van der Waals surface area contributed by atoms with Gasteiger partial charge in [0, 0.05) is 12.5 Å². The summed E-state index contributed by atoms with van der Waals surface area (Å²) in [6.07, 6.45) is 1.41. The quantitative estimate of drug-likeness (QED) is 0.529. The molecule has 0 spiro atoms. The number of rotatable bonds is 1. The SMILES string of the molecule is C=CC1CC(F)(F)CN1. The Morgan fingerprint density at radius 2 is 2.33 bits per heavy atom. The van der Waals surface area contributed by atoms with Crippen molar-refractivity contribution >= 4 is 0 Å². The zero-order chi connectivity index (χ0) is 6.91. The van der Waals surface area contributed by atoms with Gasteiger partial charge in [-0.15, -0.1) is 6.58 Å². The van der Waals surface area contributed by atoms with Crippen LogP contribution in [-0.2, 0) is 0 Å². The Kier molecular flexibility index (Phi) is 1.53. The van der Waals surface area contributed by atoms with E-state index in [-0.39, 0.29) is 19.0 Å². The van der Waals surface area contributed by atoms with E-state index in [0.717, 1.165) is 0 Å². The molecule has 0 bridgehead atoms. The fraction of sp³-hybridized carbons (Fsp3) is 0.667. The van der Waals surface area contributed by atoms with Crippen molar-refractivity contribution in [3.05, 3.63) is 12.7 Å².